The number of fused-ring (bicyclic) bond motifs is 1. The second-order valence-corrected chi connectivity index (χ2v) is 7.57. The maximum atomic E-state index is 13.3. The summed E-state index contributed by atoms with van der Waals surface area (Å²) < 4.78 is 17.0. The molecule has 4 rings (SSSR count). The number of carbonyl (C=O) groups is 1. The van der Waals surface area contributed by atoms with E-state index in [1.165, 1.54) is 37.3 Å². The Balaban J connectivity index is 1.73. The number of hydrogen-bond donors (Lipinski definition) is 6. The number of aliphatic hydroxyl groups excluding tert-OH is 3. The lowest BCUT2D eigenvalue weighted by atomic mass is 9.92. The van der Waals surface area contributed by atoms with E-state index in [0.29, 0.717) is 5.56 Å². The van der Waals surface area contributed by atoms with Crippen molar-refractivity contribution in [1.82, 2.24) is 0 Å². The van der Waals surface area contributed by atoms with Crippen LogP contribution < -0.4 is 4.74 Å². The lowest BCUT2D eigenvalue weighted by molar-refractivity contribution is -0.304. The molecular weight excluding hydrogens is 412 g/mol. The zero-order chi connectivity index (χ0) is 22.4. The van der Waals surface area contributed by atoms with E-state index in [9.17, 15) is 35.4 Å². The highest BCUT2D eigenvalue weighted by Gasteiger charge is 2.48. The molecule has 0 bridgehead atoms. The average Bonchev–Trinajstić information content (AvgIpc) is 2.72. The van der Waals surface area contributed by atoms with Crippen molar-refractivity contribution in [2.24, 2.45) is 0 Å². The minimum Gasteiger partial charge on any atom is -0.508 e. The first-order chi connectivity index (χ1) is 14.7. The quantitative estimate of drug-likeness (QED) is 0.396. The molecule has 1 saturated heterocycles. The van der Waals surface area contributed by atoms with Gasteiger partial charge in [-0.2, -0.15) is 0 Å². The Morgan fingerprint density at radius 1 is 0.903 bits per heavy atom. The summed E-state index contributed by atoms with van der Waals surface area (Å²) in [7, 11) is 0. The van der Waals surface area contributed by atoms with Crippen LogP contribution in [-0.4, -0.2) is 73.2 Å². The minimum absolute atomic E-state index is 0.0176. The van der Waals surface area contributed by atoms with Crippen LogP contribution in [0.3, 0.4) is 0 Å². The second kappa shape index (κ2) is 7.98. The summed E-state index contributed by atoms with van der Waals surface area (Å²) in [5.74, 6) is -1.64. The molecule has 0 amide bonds. The lowest BCUT2D eigenvalue weighted by Crippen LogP contribution is -2.59. The van der Waals surface area contributed by atoms with E-state index in [-0.39, 0.29) is 22.8 Å². The topological polar surface area (TPSA) is 166 Å². The molecule has 0 saturated carbocycles. The SMILES string of the molecule is C[C@@H]1O[C@@H](O[C@@H]2C(=O)c3c(O)cc(O)cc3O[C@@H]2c2ccc(O)cc2)[C@H](O)[C@H](O)[C@H]1O. The number of ether oxygens (including phenoxy) is 3. The van der Waals surface area contributed by atoms with E-state index in [1.807, 2.05) is 0 Å². The molecule has 2 aliphatic heterocycles. The molecule has 0 unspecified atom stereocenters. The molecule has 0 aliphatic carbocycles. The smallest absolute Gasteiger partial charge is 0.203 e. The van der Waals surface area contributed by atoms with Crippen LogP contribution in [0, 0.1) is 0 Å². The molecular formula is C21H22O10. The lowest BCUT2D eigenvalue weighted by Gasteiger charge is -2.42. The normalized spacial score (nSPS) is 32.9. The summed E-state index contributed by atoms with van der Waals surface area (Å²) in [6, 6.07) is 7.90. The fraction of sp³-hybridized carbons (Fsp3) is 0.381. The maximum absolute atomic E-state index is 13.3. The van der Waals surface area contributed by atoms with Crippen molar-refractivity contribution in [2.45, 2.75) is 49.8 Å². The molecule has 2 heterocycles. The Kier molecular flexibility index (Phi) is 5.50. The number of ketones is 1. The van der Waals surface area contributed by atoms with E-state index < -0.39 is 54.4 Å². The number of benzene rings is 2. The largest absolute Gasteiger partial charge is 0.508 e. The van der Waals surface area contributed by atoms with Gasteiger partial charge in [-0.25, -0.2) is 0 Å². The molecule has 2 aliphatic rings. The Hall–Kier alpha value is -2.89. The number of rotatable bonds is 3. The Labute approximate surface area is 176 Å². The molecule has 0 spiro atoms. The number of hydrogen-bond acceptors (Lipinski definition) is 10. The van der Waals surface area contributed by atoms with Crippen LogP contribution in [0.15, 0.2) is 36.4 Å². The number of Topliss-reactive ketones (excluding diaryl/α,β-unsaturated/α-hetero) is 1. The molecule has 166 valence electrons. The van der Waals surface area contributed by atoms with Crippen LogP contribution in [0.5, 0.6) is 23.0 Å². The van der Waals surface area contributed by atoms with Crippen molar-refractivity contribution in [3.05, 3.63) is 47.5 Å². The van der Waals surface area contributed by atoms with Crippen LogP contribution in [0.2, 0.25) is 0 Å². The summed E-state index contributed by atoms with van der Waals surface area (Å²) in [6.45, 7) is 1.47. The van der Waals surface area contributed by atoms with Gasteiger partial charge in [-0.15, -0.1) is 0 Å². The highest BCUT2D eigenvalue weighted by molar-refractivity contribution is 6.05. The average molecular weight is 434 g/mol. The van der Waals surface area contributed by atoms with Crippen LogP contribution in [0.1, 0.15) is 28.9 Å². The van der Waals surface area contributed by atoms with Crippen LogP contribution in [-0.2, 0) is 9.47 Å². The van der Waals surface area contributed by atoms with Crippen molar-refractivity contribution in [3.63, 3.8) is 0 Å². The predicted molar refractivity (Wildman–Crippen MR) is 103 cm³/mol. The van der Waals surface area contributed by atoms with Crippen molar-refractivity contribution < 1.29 is 49.6 Å². The summed E-state index contributed by atoms with van der Waals surface area (Å²) >= 11 is 0. The predicted octanol–water partition coefficient (Wildman–Crippen LogP) is 0.332. The summed E-state index contributed by atoms with van der Waals surface area (Å²) in [4.78, 5) is 13.3. The molecule has 2 aromatic carbocycles. The van der Waals surface area contributed by atoms with Gasteiger partial charge >= 0.3 is 0 Å². The van der Waals surface area contributed by atoms with E-state index in [0.717, 1.165) is 6.07 Å². The van der Waals surface area contributed by atoms with Gasteiger partial charge in [0.05, 0.1) is 6.10 Å². The zero-order valence-corrected chi connectivity index (χ0v) is 16.3. The van der Waals surface area contributed by atoms with E-state index in [2.05, 4.69) is 0 Å². The summed E-state index contributed by atoms with van der Waals surface area (Å²) in [5.41, 5.74) is 0.195. The fourth-order valence-corrected chi connectivity index (χ4v) is 3.72. The van der Waals surface area contributed by atoms with Gasteiger partial charge in [-0.1, -0.05) is 12.1 Å². The number of phenolic OH excluding ortho intramolecular Hbond substituents is 3. The monoisotopic (exact) mass is 434 g/mol. The minimum atomic E-state index is -1.66. The van der Waals surface area contributed by atoms with Gasteiger partial charge in [-0.3, -0.25) is 4.79 Å². The second-order valence-electron chi connectivity index (χ2n) is 7.57. The summed E-state index contributed by atoms with van der Waals surface area (Å²) in [5, 5.41) is 59.8. The number of aromatic hydroxyl groups is 3. The number of phenols is 3. The molecule has 10 heteroatoms. The molecule has 10 nitrogen and oxygen atoms in total. The van der Waals surface area contributed by atoms with Gasteiger partial charge in [0, 0.05) is 12.1 Å². The molecule has 6 N–H and O–H groups in total. The third kappa shape index (κ3) is 3.80. The van der Waals surface area contributed by atoms with Gasteiger partial charge in [0.2, 0.25) is 5.78 Å². The first kappa shape index (κ1) is 21.3. The standard InChI is InChI=1S/C21H22O10/c1-8-15(25)17(27)18(28)21(29-8)31-20-16(26)14-12(24)6-11(23)7-13(14)30-19(20)9-2-4-10(22)5-3-9/h2-8,15,17-25,27-28H,1H3/t8-,15-,17+,18+,19+,20+,21-/m0/s1. The first-order valence-corrected chi connectivity index (χ1v) is 9.58. The third-order valence-corrected chi connectivity index (χ3v) is 5.41. The number of aliphatic hydroxyl groups is 3. The van der Waals surface area contributed by atoms with Crippen LogP contribution in [0.4, 0.5) is 0 Å². The Bertz CT molecular complexity index is 975. The molecule has 7 atom stereocenters. The third-order valence-electron chi connectivity index (χ3n) is 5.41. The van der Waals surface area contributed by atoms with Gasteiger partial charge in [0.25, 0.3) is 0 Å². The van der Waals surface area contributed by atoms with Crippen molar-refractivity contribution in [1.29, 1.82) is 0 Å². The Morgan fingerprint density at radius 2 is 1.58 bits per heavy atom. The summed E-state index contributed by atoms with van der Waals surface area (Å²) in [6.07, 6.45) is -9.49. The van der Waals surface area contributed by atoms with Gasteiger partial charge in [0.15, 0.2) is 18.5 Å². The van der Waals surface area contributed by atoms with E-state index in [1.54, 1.807) is 0 Å². The molecule has 1 fully saturated rings. The molecule has 0 radical (unpaired) electrons. The highest BCUT2D eigenvalue weighted by atomic mass is 16.7. The van der Waals surface area contributed by atoms with E-state index in [4.69, 9.17) is 14.2 Å². The molecule has 31 heavy (non-hydrogen) atoms. The molecule has 0 aromatic heterocycles. The van der Waals surface area contributed by atoms with Crippen LogP contribution in [0.25, 0.3) is 0 Å². The fourth-order valence-electron chi connectivity index (χ4n) is 3.72. The van der Waals surface area contributed by atoms with Crippen molar-refractivity contribution in [3.8, 4) is 23.0 Å². The first-order valence-electron chi connectivity index (χ1n) is 9.58. The van der Waals surface area contributed by atoms with Gasteiger partial charge in [0.1, 0.15) is 46.9 Å². The van der Waals surface area contributed by atoms with E-state index >= 15 is 0 Å². The molecule has 2 aromatic rings. The number of carbonyl (C=O) groups excluding carboxylic acids is 1. The maximum Gasteiger partial charge on any atom is 0.203 e. The zero-order valence-electron chi connectivity index (χ0n) is 16.3. The van der Waals surface area contributed by atoms with Crippen molar-refractivity contribution >= 4 is 5.78 Å². The Morgan fingerprint density at radius 3 is 2.26 bits per heavy atom. The highest BCUT2D eigenvalue weighted by Crippen LogP contribution is 2.43. The van der Waals surface area contributed by atoms with Crippen molar-refractivity contribution in [2.75, 3.05) is 0 Å². The van der Waals surface area contributed by atoms with Gasteiger partial charge < -0.3 is 44.8 Å². The van der Waals surface area contributed by atoms with Crippen LogP contribution >= 0.6 is 0 Å². The van der Waals surface area contributed by atoms with Gasteiger partial charge in [-0.05, 0) is 24.6 Å².